The number of carbonyl (C=O) groups excluding carboxylic acids is 1. The van der Waals surface area contributed by atoms with Crippen molar-refractivity contribution >= 4 is 23.3 Å². The quantitative estimate of drug-likeness (QED) is 0.637. The number of anilines is 1. The molecule has 26 heavy (non-hydrogen) atoms. The van der Waals surface area contributed by atoms with E-state index in [2.05, 4.69) is 4.98 Å². The minimum atomic E-state index is -0.167. The summed E-state index contributed by atoms with van der Waals surface area (Å²) in [5.41, 5.74) is 1.93. The zero-order valence-electron chi connectivity index (χ0n) is 14.4. The first-order chi connectivity index (χ1) is 12.6. The molecule has 4 nitrogen and oxygen atoms in total. The van der Waals surface area contributed by atoms with Gasteiger partial charge in [-0.25, -0.2) is 4.98 Å². The van der Waals surface area contributed by atoms with Gasteiger partial charge in [0.25, 0.3) is 5.91 Å². The Bertz CT molecular complexity index is 870. The molecule has 0 aliphatic carbocycles. The Labute approximate surface area is 158 Å². The van der Waals surface area contributed by atoms with Crippen molar-refractivity contribution in [2.45, 2.75) is 13.5 Å². The molecule has 0 atom stereocenters. The van der Waals surface area contributed by atoms with Crippen molar-refractivity contribution in [3.05, 3.63) is 89.1 Å². The summed E-state index contributed by atoms with van der Waals surface area (Å²) in [6, 6.07) is 20.6. The molecule has 0 saturated carbocycles. The Morgan fingerprint density at radius 2 is 1.85 bits per heavy atom. The molecule has 0 saturated heterocycles. The van der Waals surface area contributed by atoms with E-state index < -0.39 is 0 Å². The van der Waals surface area contributed by atoms with E-state index in [1.165, 1.54) is 0 Å². The van der Waals surface area contributed by atoms with Crippen molar-refractivity contribution in [2.75, 3.05) is 11.5 Å². The molecule has 0 spiro atoms. The van der Waals surface area contributed by atoms with Crippen LogP contribution in [0.25, 0.3) is 0 Å². The Kier molecular flexibility index (Phi) is 5.87. The summed E-state index contributed by atoms with van der Waals surface area (Å²) in [6.07, 6.45) is 1.67. The van der Waals surface area contributed by atoms with Gasteiger partial charge in [0.05, 0.1) is 6.54 Å². The number of benzene rings is 2. The van der Waals surface area contributed by atoms with Gasteiger partial charge >= 0.3 is 0 Å². The second-order valence-electron chi connectivity index (χ2n) is 5.85. The molecule has 3 rings (SSSR count). The van der Waals surface area contributed by atoms with E-state index in [1.807, 2.05) is 61.5 Å². The summed E-state index contributed by atoms with van der Waals surface area (Å²) < 4.78 is 5.67. The largest absolute Gasteiger partial charge is 0.484 e. The second kappa shape index (κ2) is 8.50. The SMILES string of the molecule is Cc1cc(OCC(=O)N(Cc2ccccc2)c2ccccn2)ccc1Cl. The van der Waals surface area contributed by atoms with E-state index in [4.69, 9.17) is 16.3 Å². The smallest absolute Gasteiger partial charge is 0.266 e. The van der Waals surface area contributed by atoms with Gasteiger partial charge in [0.15, 0.2) is 6.61 Å². The first kappa shape index (κ1) is 18.0. The highest BCUT2D eigenvalue weighted by Crippen LogP contribution is 2.21. The molecule has 0 aliphatic rings. The fourth-order valence-electron chi connectivity index (χ4n) is 2.51. The average molecular weight is 367 g/mol. The minimum Gasteiger partial charge on any atom is -0.484 e. The van der Waals surface area contributed by atoms with Crippen LogP contribution in [0.5, 0.6) is 5.75 Å². The van der Waals surface area contributed by atoms with Crippen LogP contribution in [0.4, 0.5) is 5.82 Å². The number of halogens is 1. The van der Waals surface area contributed by atoms with Crippen LogP contribution >= 0.6 is 11.6 Å². The van der Waals surface area contributed by atoms with E-state index in [0.29, 0.717) is 23.1 Å². The van der Waals surface area contributed by atoms with Gasteiger partial charge in [-0.1, -0.05) is 48.0 Å². The van der Waals surface area contributed by atoms with Crippen LogP contribution in [0, 0.1) is 6.92 Å². The van der Waals surface area contributed by atoms with Crippen molar-refractivity contribution in [2.24, 2.45) is 0 Å². The molecule has 0 N–H and O–H groups in total. The number of carbonyl (C=O) groups is 1. The summed E-state index contributed by atoms with van der Waals surface area (Å²) >= 11 is 6.03. The molecule has 0 bridgehead atoms. The lowest BCUT2D eigenvalue weighted by molar-refractivity contribution is -0.120. The average Bonchev–Trinajstić information content (AvgIpc) is 2.68. The van der Waals surface area contributed by atoms with Gasteiger partial charge in [-0.2, -0.15) is 0 Å². The maximum Gasteiger partial charge on any atom is 0.266 e. The fraction of sp³-hybridized carbons (Fsp3) is 0.143. The molecule has 0 unspecified atom stereocenters. The van der Waals surface area contributed by atoms with Gasteiger partial charge in [0.2, 0.25) is 0 Å². The zero-order valence-corrected chi connectivity index (χ0v) is 15.2. The Morgan fingerprint density at radius 1 is 1.08 bits per heavy atom. The number of pyridine rings is 1. The number of aryl methyl sites for hydroxylation is 1. The predicted octanol–water partition coefficient (Wildman–Crippen LogP) is 4.66. The maximum atomic E-state index is 12.8. The van der Waals surface area contributed by atoms with E-state index in [-0.39, 0.29) is 12.5 Å². The standard InChI is InChI=1S/C21H19ClN2O2/c1-16-13-18(10-11-19(16)22)26-15-21(25)24(20-9-5-6-12-23-20)14-17-7-3-2-4-8-17/h2-13H,14-15H2,1H3. The van der Waals surface area contributed by atoms with E-state index in [9.17, 15) is 4.79 Å². The van der Waals surface area contributed by atoms with Crippen molar-refractivity contribution in [3.8, 4) is 5.75 Å². The van der Waals surface area contributed by atoms with Crippen LogP contribution in [0.2, 0.25) is 5.02 Å². The highest BCUT2D eigenvalue weighted by Gasteiger charge is 2.18. The normalized spacial score (nSPS) is 10.4. The molecule has 0 fully saturated rings. The number of ether oxygens (including phenoxy) is 1. The van der Waals surface area contributed by atoms with Gasteiger partial charge < -0.3 is 4.74 Å². The Balaban J connectivity index is 1.75. The summed E-state index contributed by atoms with van der Waals surface area (Å²) in [5, 5.41) is 0.669. The zero-order chi connectivity index (χ0) is 18.4. The van der Waals surface area contributed by atoms with Gasteiger partial charge in [-0.15, -0.1) is 0 Å². The summed E-state index contributed by atoms with van der Waals surface area (Å²) in [4.78, 5) is 18.7. The Hall–Kier alpha value is -2.85. The molecule has 1 amide bonds. The van der Waals surface area contributed by atoms with Gasteiger partial charge in [0.1, 0.15) is 11.6 Å². The molecule has 2 aromatic carbocycles. The lowest BCUT2D eigenvalue weighted by Crippen LogP contribution is -2.35. The van der Waals surface area contributed by atoms with Crippen molar-refractivity contribution in [3.63, 3.8) is 0 Å². The van der Waals surface area contributed by atoms with Gasteiger partial charge in [0, 0.05) is 11.2 Å². The molecular weight excluding hydrogens is 348 g/mol. The molecule has 5 heteroatoms. The number of rotatable bonds is 6. The number of aromatic nitrogens is 1. The van der Waals surface area contributed by atoms with Crippen LogP contribution < -0.4 is 9.64 Å². The van der Waals surface area contributed by atoms with Crippen molar-refractivity contribution in [1.82, 2.24) is 4.98 Å². The molecule has 0 radical (unpaired) electrons. The third-order valence-corrected chi connectivity index (χ3v) is 4.33. The molecule has 0 aliphatic heterocycles. The molecule has 3 aromatic rings. The third kappa shape index (κ3) is 4.61. The molecule has 1 aromatic heterocycles. The fourth-order valence-corrected chi connectivity index (χ4v) is 2.62. The first-order valence-electron chi connectivity index (χ1n) is 8.28. The summed E-state index contributed by atoms with van der Waals surface area (Å²) in [5.74, 6) is 1.04. The number of nitrogens with zero attached hydrogens (tertiary/aromatic N) is 2. The lowest BCUT2D eigenvalue weighted by Gasteiger charge is -2.22. The second-order valence-corrected chi connectivity index (χ2v) is 6.26. The van der Waals surface area contributed by atoms with E-state index in [0.717, 1.165) is 11.1 Å². The third-order valence-electron chi connectivity index (χ3n) is 3.90. The molecular formula is C21H19ClN2O2. The van der Waals surface area contributed by atoms with Crippen LogP contribution in [0.15, 0.2) is 72.9 Å². The number of hydrogen-bond donors (Lipinski definition) is 0. The monoisotopic (exact) mass is 366 g/mol. The van der Waals surface area contributed by atoms with Crippen LogP contribution in [-0.2, 0) is 11.3 Å². The maximum absolute atomic E-state index is 12.8. The Morgan fingerprint density at radius 3 is 2.54 bits per heavy atom. The predicted molar refractivity (Wildman–Crippen MR) is 104 cm³/mol. The van der Waals surface area contributed by atoms with Crippen molar-refractivity contribution < 1.29 is 9.53 Å². The van der Waals surface area contributed by atoms with E-state index in [1.54, 1.807) is 23.2 Å². The van der Waals surface area contributed by atoms with Gasteiger partial charge in [-0.3, -0.25) is 9.69 Å². The van der Waals surface area contributed by atoms with Crippen molar-refractivity contribution in [1.29, 1.82) is 0 Å². The first-order valence-corrected chi connectivity index (χ1v) is 8.65. The van der Waals surface area contributed by atoms with E-state index >= 15 is 0 Å². The minimum absolute atomic E-state index is 0.0789. The summed E-state index contributed by atoms with van der Waals surface area (Å²) in [6.45, 7) is 2.25. The highest BCUT2D eigenvalue weighted by atomic mass is 35.5. The molecule has 132 valence electrons. The topological polar surface area (TPSA) is 42.4 Å². The summed E-state index contributed by atoms with van der Waals surface area (Å²) in [7, 11) is 0. The molecule has 1 heterocycles. The van der Waals surface area contributed by atoms with Crippen LogP contribution in [-0.4, -0.2) is 17.5 Å². The lowest BCUT2D eigenvalue weighted by atomic mass is 10.2. The van der Waals surface area contributed by atoms with Crippen LogP contribution in [0.1, 0.15) is 11.1 Å². The number of hydrogen-bond acceptors (Lipinski definition) is 3. The number of amides is 1. The highest BCUT2D eigenvalue weighted by molar-refractivity contribution is 6.31. The van der Waals surface area contributed by atoms with Crippen LogP contribution in [0.3, 0.4) is 0 Å². The van der Waals surface area contributed by atoms with Gasteiger partial charge in [-0.05, 0) is 48.4 Å².